The second-order valence-electron chi connectivity index (χ2n) is 11.2. The summed E-state index contributed by atoms with van der Waals surface area (Å²) in [6.07, 6.45) is 9.45. The van der Waals surface area contributed by atoms with Gasteiger partial charge in [-0.05, 0) is 91.4 Å². The maximum absolute atomic E-state index is 14.0. The number of amides is 1. The van der Waals surface area contributed by atoms with Gasteiger partial charge in [-0.15, -0.1) is 6.42 Å². The first kappa shape index (κ1) is 31.8. The van der Waals surface area contributed by atoms with Crippen molar-refractivity contribution in [1.29, 1.82) is 5.26 Å². The molecule has 43 heavy (non-hydrogen) atoms. The van der Waals surface area contributed by atoms with E-state index in [2.05, 4.69) is 34.9 Å². The van der Waals surface area contributed by atoms with E-state index < -0.39 is 29.7 Å². The predicted octanol–water partition coefficient (Wildman–Crippen LogP) is 5.08. The number of carbonyl (C=O) groups excluding carboxylic acids is 1. The number of halogens is 2. The lowest BCUT2D eigenvalue weighted by atomic mass is 9.98. The molecule has 4 rings (SSSR count). The average molecular weight is 585 g/mol. The van der Waals surface area contributed by atoms with Crippen molar-refractivity contribution >= 4 is 5.91 Å². The van der Waals surface area contributed by atoms with Crippen molar-refractivity contribution in [3.05, 3.63) is 106 Å². The second-order valence-corrected chi connectivity index (χ2v) is 11.2. The highest BCUT2D eigenvalue weighted by Crippen LogP contribution is 2.45. The zero-order valence-electron chi connectivity index (χ0n) is 24.4. The third kappa shape index (κ3) is 8.95. The first-order valence-corrected chi connectivity index (χ1v) is 14.8. The van der Waals surface area contributed by atoms with Gasteiger partial charge < -0.3 is 21.1 Å². The second kappa shape index (κ2) is 14.9. The third-order valence-electron chi connectivity index (χ3n) is 7.81. The zero-order chi connectivity index (χ0) is 30.8. The highest BCUT2D eigenvalue weighted by molar-refractivity contribution is 5.95. The van der Waals surface area contributed by atoms with E-state index in [4.69, 9.17) is 6.42 Å². The Kier molecular flexibility index (Phi) is 11.0. The Morgan fingerprint density at radius 1 is 1.05 bits per heavy atom. The molecular formula is C35H38F2N4O2. The summed E-state index contributed by atoms with van der Waals surface area (Å²) in [4.78, 5) is 13.5. The lowest BCUT2D eigenvalue weighted by molar-refractivity contribution is 0.0822. The number of benzene rings is 3. The number of aliphatic hydroxyl groups is 1. The van der Waals surface area contributed by atoms with Crippen LogP contribution in [-0.2, 0) is 18.5 Å². The molecule has 0 radical (unpaired) electrons. The zero-order valence-corrected chi connectivity index (χ0v) is 24.4. The quantitative estimate of drug-likeness (QED) is 0.148. The summed E-state index contributed by atoms with van der Waals surface area (Å²) in [7, 11) is 0. The minimum atomic E-state index is -1.09. The van der Waals surface area contributed by atoms with E-state index in [1.165, 1.54) is 18.2 Å². The number of hydrogen-bond donors (Lipinski definition) is 4. The summed E-state index contributed by atoms with van der Waals surface area (Å²) in [6, 6.07) is 17.0. The number of aliphatic hydroxyl groups excluding tert-OH is 1. The Labute approximate surface area is 252 Å². The fourth-order valence-corrected chi connectivity index (χ4v) is 5.28. The number of nitrogens with zero attached hydrogens (tertiary/aromatic N) is 1. The van der Waals surface area contributed by atoms with Gasteiger partial charge in [0.1, 0.15) is 11.6 Å². The Balaban J connectivity index is 1.51. The fraction of sp³-hybridized carbons (Fsp3) is 0.371. The van der Waals surface area contributed by atoms with Crippen molar-refractivity contribution in [2.24, 2.45) is 0 Å². The van der Waals surface area contributed by atoms with E-state index >= 15 is 0 Å². The van der Waals surface area contributed by atoms with Crippen LogP contribution < -0.4 is 16.0 Å². The first-order chi connectivity index (χ1) is 20.7. The summed E-state index contributed by atoms with van der Waals surface area (Å²) in [5, 5.41) is 30.5. The molecule has 4 N–H and O–H groups in total. The number of carbonyl (C=O) groups is 1. The smallest absolute Gasteiger partial charge is 0.251 e. The molecule has 1 amide bonds. The fourth-order valence-electron chi connectivity index (χ4n) is 5.28. The van der Waals surface area contributed by atoms with Gasteiger partial charge in [0.2, 0.25) is 0 Å². The molecule has 2 atom stereocenters. The average Bonchev–Trinajstić information content (AvgIpc) is 3.80. The van der Waals surface area contributed by atoms with Gasteiger partial charge in [-0.1, -0.05) is 37.8 Å². The summed E-state index contributed by atoms with van der Waals surface area (Å²) < 4.78 is 28.0. The lowest BCUT2D eigenvalue weighted by Gasteiger charge is -2.27. The van der Waals surface area contributed by atoms with E-state index in [9.17, 15) is 23.9 Å². The standard InChI is InChI=1S/C35H38F2N4O2/c1-3-5-6-12-39-22-27-13-26(21-38)14-28(15-27)34(43)41-32(19-25-17-30(36)20-31(37)18-25)33(42)23-40-35(10-11-35)29-9-7-8-24(4-2)16-29/h2,7-9,13-18,20,32-33,39-40,42H,3,5-6,10-12,19,22-23H2,1H3,(H,41,43)/t32-,33+/m0/s1. The molecule has 3 aromatic carbocycles. The first-order valence-electron chi connectivity index (χ1n) is 14.8. The van der Waals surface area contributed by atoms with Crippen LogP contribution in [0.15, 0.2) is 60.7 Å². The van der Waals surface area contributed by atoms with E-state index in [0.29, 0.717) is 17.7 Å². The largest absolute Gasteiger partial charge is 0.390 e. The van der Waals surface area contributed by atoms with Gasteiger partial charge in [-0.2, -0.15) is 5.26 Å². The van der Waals surface area contributed by atoms with Crippen molar-refractivity contribution in [3.63, 3.8) is 0 Å². The molecule has 0 aromatic heterocycles. The van der Waals surface area contributed by atoms with Gasteiger partial charge in [0.05, 0.1) is 23.8 Å². The topological polar surface area (TPSA) is 97.2 Å². The molecule has 0 bridgehead atoms. The van der Waals surface area contributed by atoms with Crippen LogP contribution in [0.1, 0.15) is 77.2 Å². The maximum atomic E-state index is 14.0. The van der Waals surface area contributed by atoms with Crippen LogP contribution in [0.2, 0.25) is 0 Å². The van der Waals surface area contributed by atoms with Crippen molar-refractivity contribution in [3.8, 4) is 18.4 Å². The molecule has 0 spiro atoms. The monoisotopic (exact) mass is 584 g/mol. The third-order valence-corrected chi connectivity index (χ3v) is 7.81. The van der Waals surface area contributed by atoms with Crippen molar-refractivity contribution in [2.75, 3.05) is 13.1 Å². The number of rotatable bonds is 15. The van der Waals surface area contributed by atoms with Crippen molar-refractivity contribution in [2.45, 2.75) is 69.7 Å². The summed E-state index contributed by atoms with van der Waals surface area (Å²) in [5.41, 5.74) is 3.14. The Morgan fingerprint density at radius 2 is 1.81 bits per heavy atom. The molecule has 0 unspecified atom stereocenters. The predicted molar refractivity (Wildman–Crippen MR) is 163 cm³/mol. The van der Waals surface area contributed by atoms with Crippen molar-refractivity contribution < 1.29 is 18.7 Å². The van der Waals surface area contributed by atoms with Gasteiger partial charge in [0.25, 0.3) is 5.91 Å². The van der Waals surface area contributed by atoms with Gasteiger partial charge >= 0.3 is 0 Å². The molecule has 0 heterocycles. The maximum Gasteiger partial charge on any atom is 0.251 e. The molecule has 6 nitrogen and oxygen atoms in total. The van der Waals surface area contributed by atoms with Crippen LogP contribution in [0.3, 0.4) is 0 Å². The Bertz CT molecular complexity index is 1490. The van der Waals surface area contributed by atoms with Crippen LogP contribution in [-0.4, -0.2) is 36.2 Å². The molecule has 1 aliphatic carbocycles. The number of unbranched alkanes of at least 4 members (excludes halogenated alkanes) is 2. The molecule has 1 saturated carbocycles. The minimum Gasteiger partial charge on any atom is -0.390 e. The number of nitriles is 1. The molecule has 1 aliphatic rings. The van der Waals surface area contributed by atoms with Crippen LogP contribution in [0.25, 0.3) is 0 Å². The van der Waals surface area contributed by atoms with Gasteiger partial charge in [0, 0.05) is 35.8 Å². The molecule has 3 aromatic rings. The van der Waals surface area contributed by atoms with Gasteiger partial charge in [-0.3, -0.25) is 4.79 Å². The van der Waals surface area contributed by atoms with Gasteiger partial charge in [-0.25, -0.2) is 8.78 Å². The van der Waals surface area contributed by atoms with Crippen LogP contribution in [0.4, 0.5) is 8.78 Å². The Morgan fingerprint density at radius 3 is 2.49 bits per heavy atom. The molecule has 0 aliphatic heterocycles. The number of nitrogens with one attached hydrogen (secondary N) is 3. The van der Waals surface area contributed by atoms with Crippen LogP contribution in [0.5, 0.6) is 0 Å². The summed E-state index contributed by atoms with van der Waals surface area (Å²) in [6.45, 7) is 3.58. The normalized spacial score (nSPS) is 14.7. The van der Waals surface area contributed by atoms with Gasteiger partial charge in [0.15, 0.2) is 0 Å². The molecule has 8 heteroatoms. The molecular weight excluding hydrogens is 546 g/mol. The molecule has 0 saturated heterocycles. The SMILES string of the molecule is C#Cc1cccc(C2(NC[C@@H](O)[C@H](Cc3cc(F)cc(F)c3)NC(=O)c3cc(C#N)cc(CNCCCCC)c3)CC2)c1. The number of terminal acetylenes is 1. The number of hydrogen-bond acceptors (Lipinski definition) is 5. The van der Waals surface area contributed by atoms with E-state index in [0.717, 1.165) is 61.4 Å². The highest BCUT2D eigenvalue weighted by Gasteiger charge is 2.44. The summed E-state index contributed by atoms with van der Waals surface area (Å²) in [5.74, 6) is 0.673. The van der Waals surface area contributed by atoms with E-state index in [1.807, 2.05) is 24.3 Å². The Hall–Kier alpha value is -4.08. The minimum absolute atomic E-state index is 0.00731. The van der Waals surface area contributed by atoms with Crippen molar-refractivity contribution in [1.82, 2.24) is 16.0 Å². The highest BCUT2D eigenvalue weighted by atomic mass is 19.1. The van der Waals surface area contributed by atoms with Crippen LogP contribution in [0, 0.1) is 35.3 Å². The lowest BCUT2D eigenvalue weighted by Crippen LogP contribution is -2.50. The molecule has 1 fully saturated rings. The summed E-state index contributed by atoms with van der Waals surface area (Å²) >= 11 is 0. The van der Waals surface area contributed by atoms with E-state index in [-0.39, 0.29) is 24.1 Å². The van der Waals surface area contributed by atoms with Crippen LogP contribution >= 0.6 is 0 Å². The van der Waals surface area contributed by atoms with E-state index in [1.54, 1.807) is 12.1 Å². The molecule has 224 valence electrons.